The number of halogens is 1. The number of aryl methyl sites for hydroxylation is 1. The van der Waals surface area contributed by atoms with Gasteiger partial charge in [0.25, 0.3) is 5.91 Å². The molecule has 0 atom stereocenters. The number of anilines is 1. The first-order valence-electron chi connectivity index (χ1n) is 6.86. The Morgan fingerprint density at radius 3 is 2.50 bits per heavy atom. The zero-order valence-electron chi connectivity index (χ0n) is 12.7. The maximum atomic E-state index is 14.1. The second-order valence-electron chi connectivity index (χ2n) is 5.24. The Morgan fingerprint density at radius 1 is 1.30 bits per heavy atom. The lowest BCUT2D eigenvalue weighted by Gasteiger charge is -2.22. The van der Waals surface area contributed by atoms with Crippen molar-refractivity contribution in [3.8, 4) is 0 Å². The minimum Gasteiger partial charge on any atom is -0.399 e. The topological polar surface area (TPSA) is 49.6 Å². The molecule has 20 heavy (non-hydrogen) atoms. The van der Waals surface area contributed by atoms with Crippen LogP contribution in [0.2, 0.25) is 0 Å². The molecule has 1 amide bonds. The summed E-state index contributed by atoms with van der Waals surface area (Å²) >= 11 is 0. The molecule has 0 spiro atoms. The normalized spacial score (nSPS) is 10.9. The predicted octanol–water partition coefficient (Wildman–Crippen LogP) is 2.13. The number of benzene rings is 1. The zero-order chi connectivity index (χ0) is 15.3. The number of nitrogens with two attached hydrogens (primary N) is 1. The average molecular weight is 281 g/mol. The van der Waals surface area contributed by atoms with Gasteiger partial charge in [0.15, 0.2) is 0 Å². The molecule has 0 aliphatic carbocycles. The van der Waals surface area contributed by atoms with E-state index in [2.05, 4.69) is 4.90 Å². The first kappa shape index (κ1) is 16.4. The monoisotopic (exact) mass is 281 g/mol. The van der Waals surface area contributed by atoms with Crippen molar-refractivity contribution in [2.45, 2.75) is 20.3 Å². The van der Waals surface area contributed by atoms with Crippen LogP contribution in [0.5, 0.6) is 0 Å². The van der Waals surface area contributed by atoms with Crippen LogP contribution >= 0.6 is 0 Å². The van der Waals surface area contributed by atoms with Crippen LogP contribution < -0.4 is 5.73 Å². The summed E-state index contributed by atoms with van der Waals surface area (Å²) in [6.45, 7) is 5.57. The van der Waals surface area contributed by atoms with Crippen molar-refractivity contribution in [2.75, 3.05) is 39.5 Å². The molecule has 4 nitrogen and oxygen atoms in total. The molecule has 0 heterocycles. The number of nitrogens with zero attached hydrogens (tertiary/aromatic N) is 2. The highest BCUT2D eigenvalue weighted by atomic mass is 19.1. The van der Waals surface area contributed by atoms with Crippen molar-refractivity contribution in [3.63, 3.8) is 0 Å². The number of hydrogen-bond donors (Lipinski definition) is 1. The fourth-order valence-electron chi connectivity index (χ4n) is 2.10. The van der Waals surface area contributed by atoms with Crippen LogP contribution in [0.1, 0.15) is 29.3 Å². The van der Waals surface area contributed by atoms with E-state index in [1.807, 2.05) is 21.0 Å². The lowest BCUT2D eigenvalue weighted by Crippen LogP contribution is -2.34. The highest BCUT2D eigenvalue weighted by molar-refractivity contribution is 5.95. The fourth-order valence-corrected chi connectivity index (χ4v) is 2.10. The molecule has 0 aromatic heterocycles. The number of carbonyl (C=O) groups excluding carboxylic acids is 1. The van der Waals surface area contributed by atoms with Crippen LogP contribution in [-0.2, 0) is 0 Å². The second kappa shape index (κ2) is 7.24. The van der Waals surface area contributed by atoms with E-state index >= 15 is 0 Å². The van der Waals surface area contributed by atoms with Gasteiger partial charge in [-0.05, 0) is 58.6 Å². The lowest BCUT2D eigenvalue weighted by molar-refractivity contribution is 0.0754. The van der Waals surface area contributed by atoms with Gasteiger partial charge < -0.3 is 15.5 Å². The third-order valence-corrected chi connectivity index (χ3v) is 3.21. The van der Waals surface area contributed by atoms with Crippen molar-refractivity contribution in [1.82, 2.24) is 9.80 Å². The Balaban J connectivity index is 2.86. The molecule has 0 radical (unpaired) electrons. The van der Waals surface area contributed by atoms with Crippen LogP contribution in [0.15, 0.2) is 12.1 Å². The average Bonchev–Trinajstić information content (AvgIpc) is 2.38. The Labute approximate surface area is 120 Å². The van der Waals surface area contributed by atoms with Crippen LogP contribution in [0, 0.1) is 12.7 Å². The van der Waals surface area contributed by atoms with Gasteiger partial charge in [0, 0.05) is 18.8 Å². The fraction of sp³-hybridized carbons (Fsp3) is 0.533. The highest BCUT2D eigenvalue weighted by Crippen LogP contribution is 2.19. The Bertz CT molecular complexity index is 474. The van der Waals surface area contributed by atoms with Crippen molar-refractivity contribution >= 4 is 11.6 Å². The van der Waals surface area contributed by atoms with Gasteiger partial charge in [0.2, 0.25) is 0 Å². The molecule has 112 valence electrons. The summed E-state index contributed by atoms with van der Waals surface area (Å²) in [7, 11) is 3.97. The molecule has 0 aliphatic heterocycles. The summed E-state index contributed by atoms with van der Waals surface area (Å²) in [5.74, 6) is -0.769. The smallest absolute Gasteiger partial charge is 0.256 e. The lowest BCUT2D eigenvalue weighted by atomic mass is 10.1. The van der Waals surface area contributed by atoms with E-state index in [4.69, 9.17) is 5.73 Å². The third-order valence-electron chi connectivity index (χ3n) is 3.21. The first-order chi connectivity index (χ1) is 9.36. The molecule has 0 aliphatic rings. The molecule has 0 bridgehead atoms. The van der Waals surface area contributed by atoms with Gasteiger partial charge in [-0.2, -0.15) is 0 Å². The predicted molar refractivity (Wildman–Crippen MR) is 80.3 cm³/mol. The van der Waals surface area contributed by atoms with E-state index in [9.17, 15) is 9.18 Å². The van der Waals surface area contributed by atoms with Gasteiger partial charge in [-0.15, -0.1) is 0 Å². The van der Waals surface area contributed by atoms with E-state index in [-0.39, 0.29) is 11.5 Å². The Morgan fingerprint density at radius 2 is 1.95 bits per heavy atom. The summed E-state index contributed by atoms with van der Waals surface area (Å²) in [5.41, 5.74) is 6.58. The summed E-state index contributed by atoms with van der Waals surface area (Å²) in [6, 6.07) is 2.95. The number of carbonyl (C=O) groups is 1. The van der Waals surface area contributed by atoms with Gasteiger partial charge in [0.05, 0.1) is 5.56 Å². The maximum absolute atomic E-state index is 14.1. The Kier molecular flexibility index (Phi) is 5.95. The number of hydrogen-bond acceptors (Lipinski definition) is 3. The van der Waals surface area contributed by atoms with Crippen molar-refractivity contribution < 1.29 is 9.18 Å². The van der Waals surface area contributed by atoms with Crippen LogP contribution in [0.4, 0.5) is 10.1 Å². The van der Waals surface area contributed by atoms with E-state index in [1.165, 1.54) is 12.1 Å². The van der Waals surface area contributed by atoms with Gasteiger partial charge >= 0.3 is 0 Å². The van der Waals surface area contributed by atoms with Gasteiger partial charge in [-0.3, -0.25) is 4.79 Å². The van der Waals surface area contributed by atoms with Crippen molar-refractivity contribution in [2.24, 2.45) is 0 Å². The molecule has 1 aromatic rings. The summed E-state index contributed by atoms with van der Waals surface area (Å²) in [4.78, 5) is 16.1. The molecular formula is C15H24FN3O. The standard InChI is InChI=1S/C15H24FN3O/c1-5-19(8-6-7-18(3)4)15(20)13-10-12(17)9-11(2)14(13)16/h9-10H,5-8,17H2,1-4H3. The van der Waals surface area contributed by atoms with Crippen LogP contribution in [-0.4, -0.2) is 49.4 Å². The van der Waals surface area contributed by atoms with E-state index < -0.39 is 5.82 Å². The summed E-state index contributed by atoms with van der Waals surface area (Å²) in [6.07, 6.45) is 0.857. The molecule has 0 unspecified atom stereocenters. The Hall–Kier alpha value is -1.62. The van der Waals surface area contributed by atoms with E-state index in [0.717, 1.165) is 13.0 Å². The minimum absolute atomic E-state index is 0.0641. The highest BCUT2D eigenvalue weighted by Gasteiger charge is 2.19. The van der Waals surface area contributed by atoms with Crippen molar-refractivity contribution in [1.29, 1.82) is 0 Å². The quantitative estimate of drug-likeness (QED) is 0.813. The molecule has 0 saturated heterocycles. The molecule has 1 aromatic carbocycles. The van der Waals surface area contributed by atoms with E-state index in [0.29, 0.717) is 24.3 Å². The van der Waals surface area contributed by atoms with Crippen LogP contribution in [0.25, 0.3) is 0 Å². The summed E-state index contributed by atoms with van der Waals surface area (Å²) < 4.78 is 14.1. The molecule has 2 N–H and O–H groups in total. The SMILES string of the molecule is CCN(CCCN(C)C)C(=O)c1cc(N)cc(C)c1F. The maximum Gasteiger partial charge on any atom is 0.256 e. The van der Waals surface area contributed by atoms with Gasteiger partial charge in [-0.25, -0.2) is 4.39 Å². The number of amides is 1. The molecule has 5 heteroatoms. The molecule has 1 rings (SSSR count). The third kappa shape index (κ3) is 4.20. The first-order valence-corrected chi connectivity index (χ1v) is 6.86. The molecular weight excluding hydrogens is 257 g/mol. The largest absolute Gasteiger partial charge is 0.399 e. The second-order valence-corrected chi connectivity index (χ2v) is 5.24. The van der Waals surface area contributed by atoms with Crippen molar-refractivity contribution in [3.05, 3.63) is 29.1 Å². The molecule has 0 fully saturated rings. The number of nitrogen functional groups attached to an aromatic ring is 1. The van der Waals surface area contributed by atoms with Crippen LogP contribution in [0.3, 0.4) is 0 Å². The molecule has 0 saturated carbocycles. The van der Waals surface area contributed by atoms with E-state index in [1.54, 1.807) is 11.8 Å². The minimum atomic E-state index is -0.477. The van der Waals surface area contributed by atoms with Gasteiger partial charge in [-0.1, -0.05) is 0 Å². The zero-order valence-corrected chi connectivity index (χ0v) is 12.7. The van der Waals surface area contributed by atoms with Gasteiger partial charge in [0.1, 0.15) is 5.82 Å². The summed E-state index contributed by atoms with van der Waals surface area (Å²) in [5, 5.41) is 0. The number of rotatable bonds is 6.